The van der Waals surface area contributed by atoms with Crippen LogP contribution in [0.1, 0.15) is 33.5 Å². The molecule has 1 rings (SSSR count). The Balaban J connectivity index is 2.73. The van der Waals surface area contributed by atoms with Gasteiger partial charge in [-0.3, -0.25) is 5.32 Å². The maximum atomic E-state index is 5.50. The van der Waals surface area contributed by atoms with Crippen LogP contribution in [-0.2, 0) is 5.41 Å². The largest absolute Gasteiger partial charge is 0.472 e. The standard InChI is InChI=1S/C11H19N3O/c1-8(12-5)15-9-6-13-10(14-7-9)11(2,3)4/h6-8,12H,1-5H3. The van der Waals surface area contributed by atoms with Crippen molar-refractivity contribution in [1.29, 1.82) is 0 Å². The number of aromatic nitrogens is 2. The van der Waals surface area contributed by atoms with Gasteiger partial charge in [-0.2, -0.15) is 0 Å². The summed E-state index contributed by atoms with van der Waals surface area (Å²) in [7, 11) is 1.84. The first-order valence-corrected chi connectivity index (χ1v) is 5.10. The molecule has 0 aliphatic rings. The van der Waals surface area contributed by atoms with Crippen LogP contribution in [0.5, 0.6) is 5.75 Å². The van der Waals surface area contributed by atoms with Crippen LogP contribution < -0.4 is 10.1 Å². The average molecular weight is 209 g/mol. The van der Waals surface area contributed by atoms with Gasteiger partial charge in [0, 0.05) is 5.41 Å². The van der Waals surface area contributed by atoms with E-state index in [0.717, 1.165) is 5.82 Å². The molecule has 4 heteroatoms. The monoisotopic (exact) mass is 209 g/mol. The third kappa shape index (κ3) is 3.47. The first-order chi connectivity index (χ1) is 6.93. The van der Waals surface area contributed by atoms with E-state index in [9.17, 15) is 0 Å². The first kappa shape index (κ1) is 11.9. The Hall–Kier alpha value is -1.16. The summed E-state index contributed by atoms with van der Waals surface area (Å²) in [5, 5.41) is 2.98. The van der Waals surface area contributed by atoms with Crippen molar-refractivity contribution < 1.29 is 4.74 Å². The molecule has 1 heterocycles. The Bertz CT molecular complexity index is 303. The fraction of sp³-hybridized carbons (Fsp3) is 0.636. The summed E-state index contributed by atoms with van der Waals surface area (Å²) in [6.07, 6.45) is 3.39. The minimum Gasteiger partial charge on any atom is -0.472 e. The predicted molar refractivity (Wildman–Crippen MR) is 59.9 cm³/mol. The summed E-state index contributed by atoms with van der Waals surface area (Å²) < 4.78 is 5.50. The maximum Gasteiger partial charge on any atom is 0.158 e. The van der Waals surface area contributed by atoms with E-state index in [1.807, 2.05) is 14.0 Å². The summed E-state index contributed by atoms with van der Waals surface area (Å²) in [6.45, 7) is 8.18. The topological polar surface area (TPSA) is 47.0 Å². The van der Waals surface area contributed by atoms with Crippen LogP contribution in [0, 0.1) is 0 Å². The molecule has 0 saturated heterocycles. The van der Waals surface area contributed by atoms with Gasteiger partial charge in [0.2, 0.25) is 0 Å². The van der Waals surface area contributed by atoms with Crippen LogP contribution in [0.4, 0.5) is 0 Å². The Morgan fingerprint density at radius 2 is 1.80 bits per heavy atom. The average Bonchev–Trinajstić information content (AvgIpc) is 2.17. The highest BCUT2D eigenvalue weighted by Crippen LogP contribution is 2.18. The van der Waals surface area contributed by atoms with Crippen LogP contribution in [0.3, 0.4) is 0 Å². The molecule has 84 valence electrons. The Morgan fingerprint density at radius 1 is 1.27 bits per heavy atom. The molecular formula is C11H19N3O. The van der Waals surface area contributed by atoms with Crippen LogP contribution in [0.25, 0.3) is 0 Å². The molecule has 1 aromatic heterocycles. The predicted octanol–water partition coefficient (Wildman–Crippen LogP) is 1.72. The third-order valence-electron chi connectivity index (χ3n) is 2.02. The molecule has 1 N–H and O–H groups in total. The lowest BCUT2D eigenvalue weighted by Crippen LogP contribution is -2.27. The van der Waals surface area contributed by atoms with E-state index in [1.165, 1.54) is 0 Å². The SMILES string of the molecule is CNC(C)Oc1cnc(C(C)(C)C)nc1. The molecule has 1 unspecified atom stereocenters. The fourth-order valence-electron chi connectivity index (χ4n) is 1.03. The van der Waals surface area contributed by atoms with Crippen molar-refractivity contribution in [2.45, 2.75) is 39.3 Å². The molecular weight excluding hydrogens is 190 g/mol. The van der Waals surface area contributed by atoms with Crippen molar-refractivity contribution in [3.8, 4) is 5.75 Å². The second kappa shape index (κ2) is 4.57. The summed E-state index contributed by atoms with van der Waals surface area (Å²) in [4.78, 5) is 8.55. The molecule has 4 nitrogen and oxygen atoms in total. The van der Waals surface area contributed by atoms with Gasteiger partial charge in [-0.25, -0.2) is 9.97 Å². The van der Waals surface area contributed by atoms with Crippen molar-refractivity contribution in [2.24, 2.45) is 0 Å². The van der Waals surface area contributed by atoms with E-state index < -0.39 is 0 Å². The molecule has 0 spiro atoms. The number of nitrogens with one attached hydrogen (secondary N) is 1. The van der Waals surface area contributed by atoms with Crippen molar-refractivity contribution in [1.82, 2.24) is 15.3 Å². The number of ether oxygens (including phenoxy) is 1. The first-order valence-electron chi connectivity index (χ1n) is 5.10. The van der Waals surface area contributed by atoms with Gasteiger partial charge in [0.05, 0.1) is 12.4 Å². The van der Waals surface area contributed by atoms with Crippen molar-refractivity contribution >= 4 is 0 Å². The van der Waals surface area contributed by atoms with Gasteiger partial charge >= 0.3 is 0 Å². The molecule has 15 heavy (non-hydrogen) atoms. The molecule has 0 amide bonds. The van der Waals surface area contributed by atoms with Crippen molar-refractivity contribution in [2.75, 3.05) is 7.05 Å². The second-order valence-corrected chi connectivity index (χ2v) is 4.54. The Kier molecular flexibility index (Phi) is 3.63. The van der Waals surface area contributed by atoms with Gasteiger partial charge in [0.1, 0.15) is 12.1 Å². The van der Waals surface area contributed by atoms with Crippen molar-refractivity contribution in [3.63, 3.8) is 0 Å². The van der Waals surface area contributed by atoms with Gasteiger partial charge in [0.25, 0.3) is 0 Å². The fourth-order valence-corrected chi connectivity index (χ4v) is 1.03. The highest BCUT2D eigenvalue weighted by atomic mass is 16.5. The van der Waals surface area contributed by atoms with Gasteiger partial charge in [-0.1, -0.05) is 20.8 Å². The lowest BCUT2D eigenvalue weighted by molar-refractivity contribution is 0.192. The van der Waals surface area contributed by atoms with Crippen molar-refractivity contribution in [3.05, 3.63) is 18.2 Å². The van der Waals surface area contributed by atoms with Crippen LogP contribution in [-0.4, -0.2) is 23.2 Å². The number of nitrogens with zero attached hydrogens (tertiary/aromatic N) is 2. The zero-order valence-corrected chi connectivity index (χ0v) is 10.0. The molecule has 1 atom stereocenters. The van der Waals surface area contributed by atoms with Crippen LogP contribution in [0.2, 0.25) is 0 Å². The summed E-state index contributed by atoms with van der Waals surface area (Å²) in [6, 6.07) is 0. The quantitative estimate of drug-likeness (QED) is 0.770. The smallest absolute Gasteiger partial charge is 0.158 e. The van der Waals surface area contributed by atoms with E-state index in [-0.39, 0.29) is 11.6 Å². The van der Waals surface area contributed by atoms with E-state index in [1.54, 1.807) is 12.4 Å². The molecule has 0 aliphatic carbocycles. The summed E-state index contributed by atoms with van der Waals surface area (Å²) >= 11 is 0. The van der Waals surface area contributed by atoms with E-state index in [4.69, 9.17) is 4.74 Å². The molecule has 0 bridgehead atoms. The molecule has 0 saturated carbocycles. The van der Waals surface area contributed by atoms with Crippen LogP contribution in [0.15, 0.2) is 12.4 Å². The number of hydrogen-bond donors (Lipinski definition) is 1. The summed E-state index contributed by atoms with van der Waals surface area (Å²) in [5.41, 5.74) is -0.0207. The molecule has 0 fully saturated rings. The third-order valence-corrected chi connectivity index (χ3v) is 2.02. The minimum atomic E-state index is -0.0333. The Morgan fingerprint density at radius 3 is 2.20 bits per heavy atom. The lowest BCUT2D eigenvalue weighted by atomic mass is 9.96. The maximum absolute atomic E-state index is 5.50. The highest BCUT2D eigenvalue weighted by Gasteiger charge is 2.16. The van der Waals surface area contributed by atoms with Crippen LogP contribution >= 0.6 is 0 Å². The number of rotatable bonds is 3. The highest BCUT2D eigenvalue weighted by molar-refractivity contribution is 5.15. The zero-order valence-electron chi connectivity index (χ0n) is 10.0. The van der Waals surface area contributed by atoms with Gasteiger partial charge in [0.15, 0.2) is 5.75 Å². The van der Waals surface area contributed by atoms with E-state index in [2.05, 4.69) is 36.1 Å². The minimum absolute atomic E-state index is 0.0207. The van der Waals surface area contributed by atoms with E-state index >= 15 is 0 Å². The molecule has 0 aliphatic heterocycles. The molecule has 1 aromatic rings. The number of hydrogen-bond acceptors (Lipinski definition) is 4. The normalized spacial score (nSPS) is 13.7. The summed E-state index contributed by atoms with van der Waals surface area (Å²) in [5.74, 6) is 1.51. The van der Waals surface area contributed by atoms with E-state index in [0.29, 0.717) is 5.75 Å². The molecule has 0 aromatic carbocycles. The van der Waals surface area contributed by atoms with Gasteiger partial charge in [-0.05, 0) is 14.0 Å². The van der Waals surface area contributed by atoms with Gasteiger partial charge in [-0.15, -0.1) is 0 Å². The van der Waals surface area contributed by atoms with Gasteiger partial charge < -0.3 is 4.74 Å². The Labute approximate surface area is 91.1 Å². The molecule has 0 radical (unpaired) electrons. The zero-order chi connectivity index (χ0) is 11.5. The lowest BCUT2D eigenvalue weighted by Gasteiger charge is -2.17. The second-order valence-electron chi connectivity index (χ2n) is 4.54.